The maximum atomic E-state index is 12.3. The highest BCUT2D eigenvalue weighted by Crippen LogP contribution is 2.31. The second-order valence-corrected chi connectivity index (χ2v) is 5.89. The van der Waals surface area contributed by atoms with Crippen molar-refractivity contribution in [2.45, 2.75) is 19.8 Å². The van der Waals surface area contributed by atoms with Crippen molar-refractivity contribution in [3.05, 3.63) is 35.8 Å². The number of anilines is 1. The Balaban J connectivity index is 1.77. The summed E-state index contributed by atoms with van der Waals surface area (Å²) in [6, 6.07) is 7.06. The van der Waals surface area contributed by atoms with E-state index in [1.807, 2.05) is 19.9 Å². The molecule has 3 N–H and O–H groups in total. The summed E-state index contributed by atoms with van der Waals surface area (Å²) in [5.41, 5.74) is 1.69. The lowest BCUT2D eigenvalue weighted by Crippen LogP contribution is -2.13. The van der Waals surface area contributed by atoms with Crippen LogP contribution in [0.2, 0.25) is 0 Å². The number of H-pyrrole nitrogens is 2. The van der Waals surface area contributed by atoms with Crippen LogP contribution >= 0.6 is 0 Å². The van der Waals surface area contributed by atoms with Gasteiger partial charge in [0.05, 0.1) is 19.9 Å². The molecule has 3 rings (SSSR count). The Labute approximate surface area is 150 Å². The molecule has 0 fully saturated rings. The quantitative estimate of drug-likeness (QED) is 0.625. The SMILES string of the molecule is COc1ccc(-c2cc(C(=O)Nc3n[nH]c(C(C)C)n3)[nH]n2)cc1OC. The van der Waals surface area contributed by atoms with E-state index in [0.717, 1.165) is 5.56 Å². The van der Waals surface area contributed by atoms with E-state index in [2.05, 4.69) is 30.7 Å². The van der Waals surface area contributed by atoms with E-state index >= 15 is 0 Å². The van der Waals surface area contributed by atoms with E-state index in [1.165, 1.54) is 0 Å². The highest BCUT2D eigenvalue weighted by Gasteiger charge is 2.15. The fraction of sp³-hybridized carbons (Fsp3) is 0.294. The lowest BCUT2D eigenvalue weighted by atomic mass is 10.1. The number of amides is 1. The molecular weight excluding hydrogens is 336 g/mol. The van der Waals surface area contributed by atoms with Crippen LogP contribution in [-0.4, -0.2) is 45.5 Å². The molecule has 0 spiro atoms. The van der Waals surface area contributed by atoms with Gasteiger partial charge in [-0.2, -0.15) is 10.1 Å². The summed E-state index contributed by atoms with van der Waals surface area (Å²) in [7, 11) is 3.13. The number of hydrogen-bond acceptors (Lipinski definition) is 6. The summed E-state index contributed by atoms with van der Waals surface area (Å²) in [6.45, 7) is 3.97. The molecule has 0 aliphatic rings. The van der Waals surface area contributed by atoms with Crippen molar-refractivity contribution >= 4 is 11.9 Å². The van der Waals surface area contributed by atoms with Gasteiger partial charge in [-0.05, 0) is 24.3 Å². The molecule has 0 saturated carbocycles. The average molecular weight is 356 g/mol. The molecule has 2 heterocycles. The molecule has 0 aliphatic heterocycles. The zero-order valence-corrected chi connectivity index (χ0v) is 15.0. The number of aromatic amines is 2. The predicted octanol–water partition coefficient (Wildman–Crippen LogP) is 2.59. The molecule has 1 aromatic carbocycles. The van der Waals surface area contributed by atoms with Gasteiger partial charge in [-0.25, -0.2) is 0 Å². The molecule has 9 nitrogen and oxygen atoms in total. The van der Waals surface area contributed by atoms with E-state index in [0.29, 0.717) is 28.7 Å². The van der Waals surface area contributed by atoms with Crippen LogP contribution < -0.4 is 14.8 Å². The van der Waals surface area contributed by atoms with Crippen LogP contribution in [-0.2, 0) is 0 Å². The number of carbonyl (C=O) groups is 1. The first-order valence-corrected chi connectivity index (χ1v) is 8.03. The number of hydrogen-bond donors (Lipinski definition) is 3. The minimum absolute atomic E-state index is 0.192. The molecule has 1 amide bonds. The Hall–Kier alpha value is -3.36. The van der Waals surface area contributed by atoms with Gasteiger partial charge in [0.15, 0.2) is 11.5 Å². The molecular formula is C17H20N6O3. The van der Waals surface area contributed by atoms with Crippen LogP contribution in [0.5, 0.6) is 11.5 Å². The third-order valence-electron chi connectivity index (χ3n) is 3.78. The number of nitrogens with one attached hydrogen (secondary N) is 3. The van der Waals surface area contributed by atoms with E-state index < -0.39 is 0 Å². The zero-order valence-electron chi connectivity index (χ0n) is 15.0. The minimum Gasteiger partial charge on any atom is -0.493 e. The molecule has 2 aromatic heterocycles. The van der Waals surface area contributed by atoms with Gasteiger partial charge in [-0.15, -0.1) is 5.10 Å². The smallest absolute Gasteiger partial charge is 0.276 e. The first-order chi connectivity index (χ1) is 12.5. The Morgan fingerprint density at radius 2 is 1.85 bits per heavy atom. The van der Waals surface area contributed by atoms with E-state index in [4.69, 9.17) is 9.47 Å². The zero-order chi connectivity index (χ0) is 18.7. The highest BCUT2D eigenvalue weighted by atomic mass is 16.5. The summed E-state index contributed by atoms with van der Waals surface area (Å²) < 4.78 is 10.5. The van der Waals surface area contributed by atoms with E-state index in [1.54, 1.807) is 32.4 Å². The van der Waals surface area contributed by atoms with Crippen LogP contribution in [0.25, 0.3) is 11.3 Å². The van der Waals surface area contributed by atoms with E-state index in [9.17, 15) is 4.79 Å². The Morgan fingerprint density at radius 3 is 2.50 bits per heavy atom. The summed E-state index contributed by atoms with van der Waals surface area (Å²) in [5.74, 6) is 1.95. The van der Waals surface area contributed by atoms with Crippen molar-refractivity contribution < 1.29 is 14.3 Å². The lowest BCUT2D eigenvalue weighted by molar-refractivity contribution is 0.102. The van der Waals surface area contributed by atoms with Gasteiger partial charge in [-0.1, -0.05) is 13.8 Å². The summed E-state index contributed by atoms with van der Waals surface area (Å²) in [5, 5.41) is 16.3. The van der Waals surface area contributed by atoms with Crippen molar-refractivity contribution in [3.8, 4) is 22.8 Å². The normalized spacial score (nSPS) is 10.8. The van der Waals surface area contributed by atoms with Crippen LogP contribution in [0.1, 0.15) is 36.1 Å². The monoisotopic (exact) mass is 356 g/mol. The maximum Gasteiger partial charge on any atom is 0.276 e. The second-order valence-electron chi connectivity index (χ2n) is 5.89. The number of carbonyl (C=O) groups excluding carboxylic acids is 1. The molecule has 26 heavy (non-hydrogen) atoms. The fourth-order valence-corrected chi connectivity index (χ4v) is 2.34. The Bertz CT molecular complexity index is 915. The van der Waals surface area contributed by atoms with Crippen molar-refractivity contribution in [2.75, 3.05) is 19.5 Å². The van der Waals surface area contributed by atoms with Crippen LogP contribution in [0.3, 0.4) is 0 Å². The third-order valence-corrected chi connectivity index (χ3v) is 3.78. The number of rotatable bonds is 6. The van der Waals surface area contributed by atoms with E-state index in [-0.39, 0.29) is 17.8 Å². The van der Waals surface area contributed by atoms with Crippen LogP contribution in [0.4, 0.5) is 5.95 Å². The van der Waals surface area contributed by atoms with Gasteiger partial charge in [0.2, 0.25) is 5.95 Å². The second kappa shape index (κ2) is 7.26. The molecule has 0 unspecified atom stereocenters. The van der Waals surface area contributed by atoms with Gasteiger partial charge < -0.3 is 9.47 Å². The van der Waals surface area contributed by atoms with Crippen molar-refractivity contribution in [1.82, 2.24) is 25.4 Å². The van der Waals surface area contributed by atoms with Gasteiger partial charge >= 0.3 is 0 Å². The third kappa shape index (κ3) is 3.51. The molecule has 0 saturated heterocycles. The van der Waals surface area contributed by atoms with Crippen molar-refractivity contribution in [3.63, 3.8) is 0 Å². The van der Waals surface area contributed by atoms with Gasteiger partial charge in [0.1, 0.15) is 11.5 Å². The number of nitrogens with zero attached hydrogens (tertiary/aromatic N) is 3. The molecule has 0 atom stereocenters. The molecule has 0 aliphatic carbocycles. The fourth-order valence-electron chi connectivity index (χ4n) is 2.34. The Kier molecular flexibility index (Phi) is 4.87. The van der Waals surface area contributed by atoms with Gasteiger partial charge in [0, 0.05) is 11.5 Å². The van der Waals surface area contributed by atoms with Gasteiger partial charge in [0.25, 0.3) is 5.91 Å². The Morgan fingerprint density at radius 1 is 1.08 bits per heavy atom. The topological polar surface area (TPSA) is 118 Å². The molecule has 0 bridgehead atoms. The van der Waals surface area contributed by atoms with Crippen molar-refractivity contribution in [1.29, 1.82) is 0 Å². The number of benzene rings is 1. The predicted molar refractivity (Wildman–Crippen MR) is 95.6 cm³/mol. The summed E-state index contributed by atoms with van der Waals surface area (Å²) in [6.07, 6.45) is 0. The van der Waals surface area contributed by atoms with Crippen LogP contribution in [0.15, 0.2) is 24.3 Å². The first kappa shape index (κ1) is 17.5. The average Bonchev–Trinajstić information content (AvgIpc) is 3.30. The summed E-state index contributed by atoms with van der Waals surface area (Å²) in [4.78, 5) is 16.6. The molecule has 9 heteroatoms. The molecule has 136 valence electrons. The number of ether oxygens (including phenoxy) is 2. The largest absolute Gasteiger partial charge is 0.493 e. The lowest BCUT2D eigenvalue weighted by Gasteiger charge is -2.08. The number of methoxy groups -OCH3 is 2. The maximum absolute atomic E-state index is 12.3. The first-order valence-electron chi connectivity index (χ1n) is 8.03. The number of aromatic nitrogens is 5. The van der Waals surface area contributed by atoms with Crippen molar-refractivity contribution in [2.24, 2.45) is 0 Å². The molecule has 0 radical (unpaired) electrons. The van der Waals surface area contributed by atoms with Crippen LogP contribution in [0, 0.1) is 0 Å². The van der Waals surface area contributed by atoms with Gasteiger partial charge in [-0.3, -0.25) is 20.3 Å². The highest BCUT2D eigenvalue weighted by molar-refractivity contribution is 6.02. The minimum atomic E-state index is -0.376. The summed E-state index contributed by atoms with van der Waals surface area (Å²) >= 11 is 0. The molecule has 3 aromatic rings. The standard InChI is InChI=1S/C17H20N6O3/c1-9(2)15-18-17(23-22-15)19-16(24)12-8-11(20-21-12)10-5-6-13(25-3)14(7-10)26-4/h5-9H,1-4H3,(H,20,21)(H2,18,19,22,23,24).